The van der Waals surface area contributed by atoms with Crippen LogP contribution in [0.1, 0.15) is 26.2 Å². The Morgan fingerprint density at radius 3 is 2.60 bits per heavy atom. The average Bonchev–Trinajstić information content (AvgIpc) is 2.90. The van der Waals surface area contributed by atoms with Crippen LogP contribution in [0.4, 0.5) is 0 Å². The van der Waals surface area contributed by atoms with Crippen LogP contribution >= 0.6 is 0 Å². The Hall–Kier alpha value is -1.40. The smallest absolute Gasteiger partial charge is 0.264 e. The van der Waals surface area contributed by atoms with Crippen molar-refractivity contribution in [1.29, 1.82) is 0 Å². The SMILES string of the molecule is CCCC1(C(=O)NS(=O)(=O)c2ccccc2)CCNC1. The van der Waals surface area contributed by atoms with E-state index in [1.807, 2.05) is 6.92 Å². The third kappa shape index (κ3) is 3.02. The second-order valence-electron chi connectivity index (χ2n) is 5.20. The van der Waals surface area contributed by atoms with Crippen molar-refractivity contribution < 1.29 is 13.2 Å². The zero-order chi connectivity index (χ0) is 14.6. The molecule has 0 aliphatic carbocycles. The lowest BCUT2D eigenvalue weighted by atomic mass is 9.82. The summed E-state index contributed by atoms with van der Waals surface area (Å²) in [5, 5.41) is 3.15. The molecule has 1 aromatic rings. The summed E-state index contributed by atoms with van der Waals surface area (Å²) >= 11 is 0. The number of amides is 1. The van der Waals surface area contributed by atoms with E-state index in [2.05, 4.69) is 10.0 Å². The summed E-state index contributed by atoms with van der Waals surface area (Å²) in [6.45, 7) is 3.29. The summed E-state index contributed by atoms with van der Waals surface area (Å²) in [6, 6.07) is 7.97. The van der Waals surface area contributed by atoms with E-state index in [4.69, 9.17) is 0 Å². The summed E-state index contributed by atoms with van der Waals surface area (Å²) in [5.74, 6) is -0.395. The van der Waals surface area contributed by atoms with E-state index in [-0.39, 0.29) is 4.90 Å². The van der Waals surface area contributed by atoms with Gasteiger partial charge in [0.25, 0.3) is 10.0 Å². The molecule has 0 bridgehead atoms. The maximum Gasteiger partial charge on any atom is 0.264 e. The van der Waals surface area contributed by atoms with Crippen LogP contribution in [0.25, 0.3) is 0 Å². The normalized spacial score (nSPS) is 22.6. The fourth-order valence-electron chi connectivity index (χ4n) is 2.63. The quantitative estimate of drug-likeness (QED) is 0.858. The number of hydrogen-bond donors (Lipinski definition) is 2. The summed E-state index contributed by atoms with van der Waals surface area (Å²) in [7, 11) is -3.78. The van der Waals surface area contributed by atoms with Crippen molar-refractivity contribution >= 4 is 15.9 Å². The van der Waals surface area contributed by atoms with Crippen LogP contribution in [-0.4, -0.2) is 27.4 Å². The molecule has 1 amide bonds. The maximum atomic E-state index is 12.4. The lowest BCUT2D eigenvalue weighted by Crippen LogP contribution is -2.45. The van der Waals surface area contributed by atoms with Crippen molar-refractivity contribution in [3.05, 3.63) is 30.3 Å². The highest BCUT2D eigenvalue weighted by atomic mass is 32.2. The lowest BCUT2D eigenvalue weighted by molar-refractivity contribution is -0.128. The van der Waals surface area contributed by atoms with Crippen LogP contribution in [0.3, 0.4) is 0 Å². The molecule has 20 heavy (non-hydrogen) atoms. The first-order valence-corrected chi connectivity index (χ1v) is 8.31. The molecule has 1 aliphatic heterocycles. The molecule has 5 nitrogen and oxygen atoms in total. The largest absolute Gasteiger partial charge is 0.316 e. The molecule has 1 aromatic carbocycles. The summed E-state index contributed by atoms with van der Waals surface area (Å²) < 4.78 is 26.6. The Labute approximate surface area is 119 Å². The number of sulfonamides is 1. The van der Waals surface area contributed by atoms with Gasteiger partial charge in [-0.05, 0) is 31.5 Å². The molecule has 1 atom stereocenters. The van der Waals surface area contributed by atoms with Gasteiger partial charge < -0.3 is 5.32 Å². The van der Waals surface area contributed by atoms with Gasteiger partial charge in [0.05, 0.1) is 10.3 Å². The van der Waals surface area contributed by atoms with Crippen molar-refractivity contribution in [3.63, 3.8) is 0 Å². The lowest BCUT2D eigenvalue weighted by Gasteiger charge is -2.26. The highest BCUT2D eigenvalue weighted by Crippen LogP contribution is 2.31. The van der Waals surface area contributed by atoms with E-state index in [1.165, 1.54) is 12.1 Å². The van der Waals surface area contributed by atoms with E-state index in [1.54, 1.807) is 18.2 Å². The molecule has 0 spiro atoms. The minimum absolute atomic E-state index is 0.117. The molecule has 1 saturated heterocycles. The molecule has 2 N–H and O–H groups in total. The molecular formula is C14H20N2O3S. The van der Waals surface area contributed by atoms with E-state index in [0.717, 1.165) is 13.0 Å². The van der Waals surface area contributed by atoms with Crippen LogP contribution in [0.5, 0.6) is 0 Å². The molecule has 2 rings (SSSR count). The Morgan fingerprint density at radius 1 is 1.35 bits per heavy atom. The third-order valence-electron chi connectivity index (χ3n) is 3.73. The predicted molar refractivity (Wildman–Crippen MR) is 76.6 cm³/mol. The fourth-order valence-corrected chi connectivity index (χ4v) is 3.73. The highest BCUT2D eigenvalue weighted by Gasteiger charge is 2.41. The van der Waals surface area contributed by atoms with E-state index >= 15 is 0 Å². The number of carbonyl (C=O) groups excluding carboxylic acids is 1. The maximum absolute atomic E-state index is 12.4. The van der Waals surface area contributed by atoms with Crippen molar-refractivity contribution in [2.24, 2.45) is 5.41 Å². The van der Waals surface area contributed by atoms with Crippen molar-refractivity contribution in [3.8, 4) is 0 Å². The molecule has 0 aromatic heterocycles. The first-order chi connectivity index (χ1) is 9.50. The number of benzene rings is 1. The second kappa shape index (κ2) is 5.93. The van der Waals surface area contributed by atoms with Gasteiger partial charge in [0, 0.05) is 6.54 Å². The zero-order valence-electron chi connectivity index (χ0n) is 11.6. The molecule has 1 heterocycles. The topological polar surface area (TPSA) is 75.3 Å². The van der Waals surface area contributed by atoms with Gasteiger partial charge in [0.1, 0.15) is 0 Å². The fraction of sp³-hybridized carbons (Fsp3) is 0.500. The van der Waals surface area contributed by atoms with Gasteiger partial charge in [-0.1, -0.05) is 31.5 Å². The average molecular weight is 296 g/mol. The summed E-state index contributed by atoms with van der Waals surface area (Å²) in [5.41, 5.74) is -0.601. The first kappa shape index (κ1) is 15.0. The number of rotatable bonds is 5. The Morgan fingerprint density at radius 2 is 2.05 bits per heavy atom. The molecule has 6 heteroatoms. The Balaban J connectivity index is 2.18. The Kier molecular flexibility index (Phi) is 4.45. The number of hydrogen-bond acceptors (Lipinski definition) is 4. The van der Waals surface area contributed by atoms with Crippen LogP contribution in [-0.2, 0) is 14.8 Å². The van der Waals surface area contributed by atoms with Gasteiger partial charge in [-0.2, -0.15) is 0 Å². The van der Waals surface area contributed by atoms with Gasteiger partial charge in [-0.15, -0.1) is 0 Å². The van der Waals surface area contributed by atoms with Crippen molar-refractivity contribution in [1.82, 2.24) is 10.0 Å². The van der Waals surface area contributed by atoms with Crippen LogP contribution in [0, 0.1) is 5.41 Å². The minimum Gasteiger partial charge on any atom is -0.316 e. The Bertz CT molecular complexity index is 563. The van der Waals surface area contributed by atoms with Gasteiger partial charge in [-0.25, -0.2) is 13.1 Å². The van der Waals surface area contributed by atoms with E-state index in [9.17, 15) is 13.2 Å². The third-order valence-corrected chi connectivity index (χ3v) is 5.08. The molecule has 0 saturated carbocycles. The molecule has 0 radical (unpaired) electrons. The standard InChI is InChI=1S/C14H20N2O3S/c1-2-8-14(9-10-15-11-14)13(17)16-20(18,19)12-6-4-3-5-7-12/h3-7,15H,2,8-11H2,1H3,(H,16,17). The molecule has 1 fully saturated rings. The van der Waals surface area contributed by atoms with E-state index < -0.39 is 21.3 Å². The van der Waals surface area contributed by atoms with Gasteiger partial charge >= 0.3 is 0 Å². The highest BCUT2D eigenvalue weighted by molar-refractivity contribution is 7.90. The van der Waals surface area contributed by atoms with Gasteiger partial charge in [0.2, 0.25) is 5.91 Å². The predicted octanol–water partition coefficient (Wildman–Crippen LogP) is 1.27. The summed E-state index contributed by atoms with van der Waals surface area (Å²) in [6.07, 6.45) is 2.22. The van der Waals surface area contributed by atoms with Crippen molar-refractivity contribution in [2.75, 3.05) is 13.1 Å². The summed E-state index contributed by atoms with van der Waals surface area (Å²) in [4.78, 5) is 12.5. The molecule has 1 unspecified atom stereocenters. The zero-order valence-corrected chi connectivity index (χ0v) is 12.4. The number of nitrogens with one attached hydrogen (secondary N) is 2. The molecule has 110 valence electrons. The molecular weight excluding hydrogens is 276 g/mol. The van der Waals surface area contributed by atoms with E-state index in [0.29, 0.717) is 19.4 Å². The van der Waals surface area contributed by atoms with Crippen LogP contribution in [0.2, 0.25) is 0 Å². The first-order valence-electron chi connectivity index (χ1n) is 6.83. The second-order valence-corrected chi connectivity index (χ2v) is 6.89. The van der Waals surface area contributed by atoms with Gasteiger partial charge in [0.15, 0.2) is 0 Å². The van der Waals surface area contributed by atoms with Crippen LogP contribution < -0.4 is 10.0 Å². The minimum atomic E-state index is -3.78. The number of carbonyl (C=O) groups is 1. The van der Waals surface area contributed by atoms with Crippen LogP contribution in [0.15, 0.2) is 35.2 Å². The van der Waals surface area contributed by atoms with Gasteiger partial charge in [-0.3, -0.25) is 4.79 Å². The molecule has 1 aliphatic rings. The monoisotopic (exact) mass is 296 g/mol. The van der Waals surface area contributed by atoms with Crippen molar-refractivity contribution in [2.45, 2.75) is 31.1 Å².